The van der Waals surface area contributed by atoms with E-state index in [0.717, 1.165) is 25.0 Å². The van der Waals surface area contributed by atoms with Gasteiger partial charge in [0.25, 0.3) is 0 Å². The van der Waals surface area contributed by atoms with E-state index >= 15 is 0 Å². The topological polar surface area (TPSA) is 75.6 Å². The Bertz CT molecular complexity index is 266. The van der Waals surface area contributed by atoms with Gasteiger partial charge in [-0.05, 0) is 18.6 Å². The van der Waals surface area contributed by atoms with Crippen LogP contribution in [0.1, 0.15) is 25.7 Å². The Hall–Kier alpha value is -0.750. The number of nitrogens with one attached hydrogen (secondary N) is 1. The van der Waals surface area contributed by atoms with E-state index in [1.807, 2.05) is 0 Å². The summed E-state index contributed by atoms with van der Waals surface area (Å²) in [5, 5.41) is 11.5. The number of carboxylic acids is 1. The molecule has 5 nitrogen and oxygen atoms in total. The number of carbonyl (C=O) groups excluding carboxylic acids is 1. The Labute approximate surface area is 105 Å². The van der Waals surface area contributed by atoms with Crippen LogP contribution in [0.15, 0.2) is 0 Å². The summed E-state index contributed by atoms with van der Waals surface area (Å²) in [7, 11) is 1.51. The molecule has 1 amide bonds. The van der Waals surface area contributed by atoms with Gasteiger partial charge in [-0.15, -0.1) is 11.8 Å². The molecule has 0 bridgehead atoms. The molecule has 17 heavy (non-hydrogen) atoms. The smallest absolute Gasteiger partial charge is 0.326 e. The molecule has 1 saturated heterocycles. The van der Waals surface area contributed by atoms with E-state index in [2.05, 4.69) is 5.32 Å². The van der Waals surface area contributed by atoms with Crippen molar-refractivity contribution in [3.63, 3.8) is 0 Å². The minimum atomic E-state index is -1.00. The van der Waals surface area contributed by atoms with Gasteiger partial charge in [0.05, 0.1) is 5.25 Å². The Morgan fingerprint density at radius 2 is 2.29 bits per heavy atom. The van der Waals surface area contributed by atoms with Gasteiger partial charge in [-0.2, -0.15) is 0 Å². The van der Waals surface area contributed by atoms with Gasteiger partial charge >= 0.3 is 5.97 Å². The highest BCUT2D eigenvalue weighted by molar-refractivity contribution is 8.00. The van der Waals surface area contributed by atoms with Crippen LogP contribution in [0.4, 0.5) is 0 Å². The van der Waals surface area contributed by atoms with Crippen LogP contribution in [0.2, 0.25) is 0 Å². The molecule has 2 N–H and O–H groups in total. The van der Waals surface area contributed by atoms with Crippen LogP contribution in [0, 0.1) is 0 Å². The third kappa shape index (κ3) is 4.95. The average molecular weight is 261 g/mol. The van der Waals surface area contributed by atoms with Crippen molar-refractivity contribution in [2.24, 2.45) is 0 Å². The molecule has 0 saturated carbocycles. The Morgan fingerprint density at radius 3 is 2.82 bits per heavy atom. The molecule has 0 aromatic heterocycles. The largest absolute Gasteiger partial charge is 0.480 e. The molecule has 1 rings (SSSR count). The molecule has 2 atom stereocenters. The van der Waals surface area contributed by atoms with Gasteiger partial charge in [-0.1, -0.05) is 6.42 Å². The zero-order valence-corrected chi connectivity index (χ0v) is 10.8. The molecule has 0 aliphatic carbocycles. The highest BCUT2D eigenvalue weighted by atomic mass is 32.2. The maximum absolute atomic E-state index is 11.8. The lowest BCUT2D eigenvalue weighted by atomic mass is 10.1. The molecule has 6 heteroatoms. The predicted molar refractivity (Wildman–Crippen MR) is 66.2 cm³/mol. The van der Waals surface area contributed by atoms with Gasteiger partial charge in [0, 0.05) is 20.1 Å². The number of thioether (sulfide) groups is 1. The monoisotopic (exact) mass is 261 g/mol. The molecule has 1 heterocycles. The van der Waals surface area contributed by atoms with E-state index in [1.54, 1.807) is 11.8 Å². The highest BCUT2D eigenvalue weighted by Crippen LogP contribution is 2.25. The van der Waals surface area contributed by atoms with E-state index in [9.17, 15) is 9.59 Å². The summed E-state index contributed by atoms with van der Waals surface area (Å²) < 4.78 is 4.83. The summed E-state index contributed by atoms with van der Waals surface area (Å²) in [5.41, 5.74) is 0. The van der Waals surface area contributed by atoms with Crippen molar-refractivity contribution in [1.82, 2.24) is 5.32 Å². The highest BCUT2D eigenvalue weighted by Gasteiger charge is 2.26. The van der Waals surface area contributed by atoms with Crippen LogP contribution < -0.4 is 5.32 Å². The number of hydrogen-bond acceptors (Lipinski definition) is 4. The van der Waals surface area contributed by atoms with Crippen molar-refractivity contribution in [1.29, 1.82) is 0 Å². The zero-order valence-electron chi connectivity index (χ0n) is 9.98. The van der Waals surface area contributed by atoms with Gasteiger partial charge in [0.2, 0.25) is 5.91 Å². The Morgan fingerprint density at radius 1 is 1.53 bits per heavy atom. The average Bonchev–Trinajstić information content (AvgIpc) is 2.35. The first-order valence-electron chi connectivity index (χ1n) is 5.79. The first-order valence-corrected chi connectivity index (χ1v) is 6.83. The van der Waals surface area contributed by atoms with Gasteiger partial charge in [0.1, 0.15) is 6.04 Å². The quantitative estimate of drug-likeness (QED) is 0.742. The number of carbonyl (C=O) groups is 2. The molecule has 0 spiro atoms. The number of rotatable bonds is 6. The summed E-state index contributed by atoms with van der Waals surface area (Å²) in [6, 6.07) is -0.843. The van der Waals surface area contributed by atoms with Crippen LogP contribution in [0.25, 0.3) is 0 Å². The summed E-state index contributed by atoms with van der Waals surface area (Å²) in [5.74, 6) is -0.178. The normalized spacial score (nSPS) is 21.8. The minimum absolute atomic E-state index is 0.0897. The third-order valence-corrected chi connectivity index (χ3v) is 4.07. The van der Waals surface area contributed by atoms with Gasteiger partial charge in [-0.3, -0.25) is 4.79 Å². The molecule has 1 aliphatic rings. The molecular formula is C11H19NO4S. The van der Waals surface area contributed by atoms with Crippen molar-refractivity contribution in [3.8, 4) is 0 Å². The fourth-order valence-electron chi connectivity index (χ4n) is 1.71. The Kier molecular flexibility index (Phi) is 6.36. The van der Waals surface area contributed by atoms with Gasteiger partial charge in [-0.25, -0.2) is 4.79 Å². The number of methoxy groups -OCH3 is 1. The van der Waals surface area contributed by atoms with Crippen molar-refractivity contribution < 1.29 is 19.4 Å². The van der Waals surface area contributed by atoms with Crippen LogP contribution in [-0.4, -0.2) is 47.7 Å². The SMILES string of the molecule is COCCC(NC(=O)C1CCCCS1)C(=O)O. The summed E-state index contributed by atoms with van der Waals surface area (Å²) >= 11 is 1.61. The third-order valence-electron chi connectivity index (χ3n) is 2.70. The van der Waals surface area contributed by atoms with E-state index in [1.165, 1.54) is 7.11 Å². The lowest BCUT2D eigenvalue weighted by molar-refractivity contribution is -0.142. The van der Waals surface area contributed by atoms with Gasteiger partial charge < -0.3 is 15.2 Å². The fourth-order valence-corrected chi connectivity index (χ4v) is 2.91. The van der Waals surface area contributed by atoms with E-state index < -0.39 is 12.0 Å². The van der Waals surface area contributed by atoms with E-state index in [4.69, 9.17) is 9.84 Å². The van der Waals surface area contributed by atoms with Crippen LogP contribution in [-0.2, 0) is 14.3 Å². The number of aliphatic carboxylic acids is 1. The molecule has 0 radical (unpaired) electrons. The number of ether oxygens (including phenoxy) is 1. The predicted octanol–water partition coefficient (Wildman–Crippen LogP) is 0.878. The first-order chi connectivity index (χ1) is 8.15. The number of carboxylic acid groups (broad SMARTS) is 1. The minimum Gasteiger partial charge on any atom is -0.480 e. The van der Waals surface area contributed by atoms with Crippen LogP contribution in [0.3, 0.4) is 0 Å². The standard InChI is InChI=1S/C11H19NO4S/c1-16-6-5-8(11(14)15)12-10(13)9-4-2-3-7-17-9/h8-9H,2-7H2,1H3,(H,12,13)(H,14,15). The molecule has 2 unspecified atom stereocenters. The number of hydrogen-bond donors (Lipinski definition) is 2. The van der Waals surface area contributed by atoms with Crippen molar-refractivity contribution >= 4 is 23.6 Å². The Balaban J connectivity index is 2.42. The number of amides is 1. The van der Waals surface area contributed by atoms with Crippen molar-refractivity contribution in [2.75, 3.05) is 19.5 Å². The maximum atomic E-state index is 11.8. The second-order valence-electron chi connectivity index (χ2n) is 4.04. The molecule has 98 valence electrons. The second-order valence-corrected chi connectivity index (χ2v) is 5.35. The van der Waals surface area contributed by atoms with Crippen LogP contribution in [0.5, 0.6) is 0 Å². The molecule has 1 fully saturated rings. The molecular weight excluding hydrogens is 242 g/mol. The first kappa shape index (κ1) is 14.3. The molecule has 1 aliphatic heterocycles. The fraction of sp³-hybridized carbons (Fsp3) is 0.818. The summed E-state index contributed by atoms with van der Waals surface area (Å²) in [6.45, 7) is 0.328. The lowest BCUT2D eigenvalue weighted by Crippen LogP contribution is -2.45. The van der Waals surface area contributed by atoms with E-state index in [-0.39, 0.29) is 11.2 Å². The summed E-state index contributed by atoms with van der Waals surface area (Å²) in [4.78, 5) is 22.8. The molecule has 0 aromatic rings. The van der Waals surface area contributed by atoms with Crippen LogP contribution >= 0.6 is 11.8 Å². The van der Waals surface area contributed by atoms with Crippen molar-refractivity contribution in [3.05, 3.63) is 0 Å². The summed E-state index contributed by atoms with van der Waals surface area (Å²) in [6.07, 6.45) is 3.32. The van der Waals surface area contributed by atoms with Gasteiger partial charge in [0.15, 0.2) is 0 Å². The lowest BCUT2D eigenvalue weighted by Gasteiger charge is -2.22. The van der Waals surface area contributed by atoms with Crippen molar-refractivity contribution in [2.45, 2.75) is 37.0 Å². The molecule has 0 aromatic carbocycles. The second kappa shape index (κ2) is 7.55. The maximum Gasteiger partial charge on any atom is 0.326 e. The zero-order chi connectivity index (χ0) is 12.7. The van der Waals surface area contributed by atoms with E-state index in [0.29, 0.717) is 13.0 Å².